The monoisotopic (exact) mass is 269 g/mol. The summed E-state index contributed by atoms with van der Waals surface area (Å²) in [6.45, 7) is 2.81. The summed E-state index contributed by atoms with van der Waals surface area (Å²) in [6.07, 6.45) is 3.24. The molecule has 96 valence electrons. The topological polar surface area (TPSA) is 75.4 Å². The fraction of sp³-hybridized carbons (Fsp3) is 1.00. The molecule has 1 saturated heterocycles. The molecule has 3 atom stereocenters. The van der Waals surface area contributed by atoms with Crippen LogP contribution in [-0.2, 0) is 10.2 Å². The Morgan fingerprint density at radius 3 is 2.62 bits per heavy atom. The van der Waals surface area contributed by atoms with Crippen molar-refractivity contribution in [3.63, 3.8) is 0 Å². The van der Waals surface area contributed by atoms with Crippen molar-refractivity contribution in [3.05, 3.63) is 0 Å². The fourth-order valence-corrected chi connectivity index (χ4v) is 4.28. The van der Waals surface area contributed by atoms with Gasteiger partial charge in [0, 0.05) is 25.2 Å². The second kappa shape index (κ2) is 5.18. The lowest BCUT2D eigenvalue weighted by molar-refractivity contribution is 0.326. The highest BCUT2D eigenvalue weighted by Gasteiger charge is 2.43. The molecule has 2 fully saturated rings. The highest BCUT2D eigenvalue weighted by atomic mass is 35.5. The van der Waals surface area contributed by atoms with E-state index in [4.69, 9.17) is 5.73 Å². The van der Waals surface area contributed by atoms with E-state index >= 15 is 0 Å². The average Bonchev–Trinajstić information content (AvgIpc) is 2.77. The van der Waals surface area contributed by atoms with Gasteiger partial charge in [0.15, 0.2) is 0 Å². The van der Waals surface area contributed by atoms with E-state index in [0.717, 1.165) is 12.8 Å². The van der Waals surface area contributed by atoms with Crippen LogP contribution >= 0.6 is 12.4 Å². The maximum absolute atomic E-state index is 12.0. The number of fused-ring (bicyclic) bond motifs is 2. The number of nitrogens with two attached hydrogens (primary N) is 1. The van der Waals surface area contributed by atoms with Gasteiger partial charge < -0.3 is 5.73 Å². The lowest BCUT2D eigenvalue weighted by Crippen LogP contribution is -2.49. The first-order valence-electron chi connectivity index (χ1n) is 5.52. The molecule has 1 aliphatic heterocycles. The minimum absolute atomic E-state index is 0. The molecule has 0 aromatic heterocycles. The lowest BCUT2D eigenvalue weighted by atomic mass is 10.1. The largest absolute Gasteiger partial charge is 0.329 e. The number of piperidine rings is 1. The molecule has 3 N–H and O–H groups in total. The van der Waals surface area contributed by atoms with Gasteiger partial charge in [-0.1, -0.05) is 0 Å². The van der Waals surface area contributed by atoms with E-state index in [-0.39, 0.29) is 24.5 Å². The summed E-state index contributed by atoms with van der Waals surface area (Å²) in [5.74, 6) is 0.583. The highest BCUT2D eigenvalue weighted by Crippen LogP contribution is 2.38. The van der Waals surface area contributed by atoms with Crippen molar-refractivity contribution in [2.75, 3.05) is 13.1 Å². The predicted octanol–water partition coefficient (Wildman–Crippen LogP) is 0.0741. The molecule has 7 heteroatoms. The van der Waals surface area contributed by atoms with Crippen LogP contribution in [0.15, 0.2) is 0 Å². The normalized spacial score (nSPS) is 31.4. The second-order valence-corrected chi connectivity index (χ2v) is 6.32. The van der Waals surface area contributed by atoms with Gasteiger partial charge in [-0.2, -0.15) is 17.4 Å². The van der Waals surface area contributed by atoms with Crippen LogP contribution in [0.3, 0.4) is 0 Å². The number of hydrogen-bond acceptors (Lipinski definition) is 3. The van der Waals surface area contributed by atoms with Crippen LogP contribution in [0.5, 0.6) is 0 Å². The summed E-state index contributed by atoms with van der Waals surface area (Å²) >= 11 is 0. The maximum Gasteiger partial charge on any atom is 0.279 e. The van der Waals surface area contributed by atoms with Gasteiger partial charge >= 0.3 is 0 Å². The summed E-state index contributed by atoms with van der Waals surface area (Å²) in [7, 11) is -3.30. The van der Waals surface area contributed by atoms with Gasteiger partial charge in [-0.15, -0.1) is 12.4 Å². The first kappa shape index (κ1) is 14.2. The number of hydrogen-bond donors (Lipinski definition) is 2. The van der Waals surface area contributed by atoms with E-state index in [2.05, 4.69) is 4.72 Å². The molecule has 1 saturated carbocycles. The van der Waals surface area contributed by atoms with Crippen LogP contribution in [0.4, 0.5) is 0 Å². The van der Waals surface area contributed by atoms with Gasteiger partial charge in [-0.05, 0) is 32.1 Å². The smallest absolute Gasteiger partial charge is 0.279 e. The summed E-state index contributed by atoms with van der Waals surface area (Å²) in [5, 5.41) is 0. The van der Waals surface area contributed by atoms with Gasteiger partial charge in [0.25, 0.3) is 10.2 Å². The Morgan fingerprint density at radius 1 is 1.50 bits per heavy atom. The van der Waals surface area contributed by atoms with Gasteiger partial charge in [-0.25, -0.2) is 0 Å². The van der Waals surface area contributed by atoms with Crippen LogP contribution < -0.4 is 10.5 Å². The third-order valence-electron chi connectivity index (χ3n) is 3.37. The zero-order chi connectivity index (χ0) is 11.1. The number of halogens is 1. The molecule has 0 spiro atoms. The van der Waals surface area contributed by atoms with Crippen molar-refractivity contribution in [1.82, 2.24) is 9.03 Å². The molecule has 1 aliphatic carbocycles. The van der Waals surface area contributed by atoms with E-state index < -0.39 is 10.2 Å². The van der Waals surface area contributed by atoms with Crippen LogP contribution in [0.1, 0.15) is 26.2 Å². The van der Waals surface area contributed by atoms with Gasteiger partial charge in [0.2, 0.25) is 0 Å². The third-order valence-corrected chi connectivity index (χ3v) is 5.14. The molecule has 0 aromatic rings. The lowest BCUT2D eigenvalue weighted by Gasteiger charge is -2.27. The van der Waals surface area contributed by atoms with Crippen LogP contribution in [0.2, 0.25) is 0 Å². The highest BCUT2D eigenvalue weighted by molar-refractivity contribution is 7.87. The number of nitrogens with zero attached hydrogens (tertiary/aromatic N) is 1. The molecule has 2 unspecified atom stereocenters. The zero-order valence-corrected chi connectivity index (χ0v) is 11.1. The minimum Gasteiger partial charge on any atom is -0.329 e. The van der Waals surface area contributed by atoms with Gasteiger partial charge in [-0.3, -0.25) is 0 Å². The number of rotatable bonds is 4. The summed E-state index contributed by atoms with van der Waals surface area (Å²) in [6, 6.07) is 0.0478. The average molecular weight is 270 g/mol. The molecule has 5 nitrogen and oxygen atoms in total. The molecular formula is C9H20ClN3O2S. The van der Waals surface area contributed by atoms with Crippen LogP contribution in [-0.4, -0.2) is 37.9 Å². The first-order chi connectivity index (χ1) is 7.03. The SMILES string of the molecule is C[C@@H](CN)NS(=O)(=O)N1CC2CCC1C2.Cl. The molecule has 2 rings (SSSR count). The van der Waals surface area contributed by atoms with Crippen molar-refractivity contribution < 1.29 is 8.42 Å². The Bertz CT molecular complexity index is 336. The fourth-order valence-electron chi connectivity index (χ4n) is 2.54. The molecule has 16 heavy (non-hydrogen) atoms. The minimum atomic E-state index is -3.30. The Hall–Kier alpha value is 0.120. The van der Waals surface area contributed by atoms with Crippen molar-refractivity contribution in [1.29, 1.82) is 0 Å². The van der Waals surface area contributed by atoms with E-state index in [9.17, 15) is 8.42 Å². The van der Waals surface area contributed by atoms with Crippen molar-refractivity contribution in [3.8, 4) is 0 Å². The van der Waals surface area contributed by atoms with Crippen molar-refractivity contribution >= 4 is 22.6 Å². The molecule has 0 amide bonds. The van der Waals surface area contributed by atoms with Crippen LogP contribution in [0.25, 0.3) is 0 Å². The quantitative estimate of drug-likeness (QED) is 0.759. The Balaban J connectivity index is 0.00000128. The van der Waals surface area contributed by atoms with Crippen molar-refractivity contribution in [2.24, 2.45) is 11.7 Å². The molecular weight excluding hydrogens is 250 g/mol. The van der Waals surface area contributed by atoms with Crippen LogP contribution in [0, 0.1) is 5.92 Å². The zero-order valence-electron chi connectivity index (χ0n) is 9.43. The Morgan fingerprint density at radius 2 is 2.19 bits per heavy atom. The molecule has 0 radical (unpaired) electrons. The summed E-state index contributed by atoms with van der Waals surface area (Å²) in [5.41, 5.74) is 5.41. The first-order valence-corrected chi connectivity index (χ1v) is 6.96. The summed E-state index contributed by atoms with van der Waals surface area (Å²) in [4.78, 5) is 0. The third kappa shape index (κ3) is 2.68. The maximum atomic E-state index is 12.0. The van der Waals surface area contributed by atoms with E-state index in [1.165, 1.54) is 6.42 Å². The van der Waals surface area contributed by atoms with Crippen molar-refractivity contribution in [2.45, 2.75) is 38.3 Å². The van der Waals surface area contributed by atoms with E-state index in [1.807, 2.05) is 0 Å². The molecule has 2 aliphatic rings. The Kier molecular flexibility index (Phi) is 4.59. The van der Waals surface area contributed by atoms with E-state index in [1.54, 1.807) is 11.2 Å². The molecule has 2 bridgehead atoms. The number of nitrogens with one attached hydrogen (secondary N) is 1. The van der Waals surface area contributed by atoms with E-state index in [0.29, 0.717) is 19.0 Å². The summed E-state index contributed by atoms with van der Waals surface area (Å²) < 4.78 is 28.1. The van der Waals surface area contributed by atoms with Gasteiger partial charge in [0.05, 0.1) is 0 Å². The van der Waals surface area contributed by atoms with Gasteiger partial charge in [0.1, 0.15) is 0 Å². The molecule has 0 aromatic carbocycles. The standard InChI is InChI=1S/C9H19N3O2S.ClH/c1-7(5-10)11-15(13,14)12-6-8-2-3-9(12)4-8;/h7-9,11H,2-6,10H2,1H3;1H/t7-,8?,9?;/m0./s1. The second-order valence-electron chi connectivity index (χ2n) is 4.66. The molecule has 1 heterocycles. The predicted molar refractivity (Wildman–Crippen MR) is 65.7 cm³/mol. The Labute approximate surface area is 103 Å².